The van der Waals surface area contributed by atoms with Crippen molar-refractivity contribution in [3.8, 4) is 0 Å². The third-order valence-corrected chi connectivity index (χ3v) is 6.94. The van der Waals surface area contributed by atoms with Crippen LogP contribution < -0.4 is 0 Å². The van der Waals surface area contributed by atoms with Crippen LogP contribution in [0, 0.1) is 23.2 Å². The Labute approximate surface area is 197 Å². The zero-order valence-corrected chi connectivity index (χ0v) is 21.7. The molecule has 1 aliphatic rings. The monoisotopic (exact) mass is 444 g/mol. The molecule has 1 aliphatic carbocycles. The van der Waals surface area contributed by atoms with Crippen molar-refractivity contribution in [1.29, 1.82) is 0 Å². The quantitative estimate of drug-likeness (QED) is 0.215. The van der Waals surface area contributed by atoms with Crippen LogP contribution in [0.25, 0.3) is 0 Å². The van der Waals surface area contributed by atoms with E-state index >= 15 is 0 Å². The molecule has 0 saturated carbocycles. The summed E-state index contributed by atoms with van der Waals surface area (Å²) >= 11 is 0. The second-order valence-electron chi connectivity index (χ2n) is 10.9. The number of allylic oxidation sites excluding steroid dienone is 4. The molecular formula is C29H48O3. The molecule has 0 saturated heterocycles. The van der Waals surface area contributed by atoms with E-state index in [1.807, 2.05) is 6.92 Å². The molecule has 0 aromatic rings. The molecule has 0 aromatic heterocycles. The highest BCUT2D eigenvalue weighted by molar-refractivity contribution is 6.00. The molecule has 0 fully saturated rings. The molecule has 0 aliphatic heterocycles. The average Bonchev–Trinajstić information content (AvgIpc) is 2.67. The van der Waals surface area contributed by atoms with Crippen molar-refractivity contribution in [2.75, 3.05) is 0 Å². The first kappa shape index (κ1) is 28.5. The van der Waals surface area contributed by atoms with E-state index in [-0.39, 0.29) is 41.0 Å². The summed E-state index contributed by atoms with van der Waals surface area (Å²) in [5.74, 6) is 0.889. The van der Waals surface area contributed by atoms with E-state index in [1.165, 1.54) is 0 Å². The van der Waals surface area contributed by atoms with Crippen LogP contribution in [0.15, 0.2) is 23.8 Å². The number of rotatable bonds is 13. The van der Waals surface area contributed by atoms with E-state index in [0.717, 1.165) is 63.4 Å². The van der Waals surface area contributed by atoms with Gasteiger partial charge in [-0.2, -0.15) is 0 Å². The minimum absolute atomic E-state index is 0.0355. The molecule has 0 heterocycles. The number of carbonyl (C=O) groups is 3. The molecule has 3 atom stereocenters. The zero-order valence-electron chi connectivity index (χ0n) is 21.7. The van der Waals surface area contributed by atoms with Crippen LogP contribution in [0.4, 0.5) is 0 Å². The molecule has 0 radical (unpaired) electrons. The van der Waals surface area contributed by atoms with Gasteiger partial charge >= 0.3 is 0 Å². The molecule has 0 aromatic carbocycles. The maximum Gasteiger partial charge on any atom is 0.155 e. The number of Topliss-reactive ketones (excluding diaryl/α,β-unsaturated/α-hetero) is 2. The molecule has 0 N–H and O–H groups in total. The van der Waals surface area contributed by atoms with Gasteiger partial charge < -0.3 is 0 Å². The maximum absolute atomic E-state index is 13.2. The fourth-order valence-electron chi connectivity index (χ4n) is 5.49. The van der Waals surface area contributed by atoms with E-state index in [1.54, 1.807) is 6.08 Å². The molecule has 0 amide bonds. The van der Waals surface area contributed by atoms with Gasteiger partial charge in [0.05, 0.1) is 6.42 Å². The molecular weight excluding hydrogens is 396 g/mol. The lowest BCUT2D eigenvalue weighted by atomic mass is 9.74. The third kappa shape index (κ3) is 10.9. The van der Waals surface area contributed by atoms with Crippen molar-refractivity contribution in [2.45, 2.75) is 119 Å². The summed E-state index contributed by atoms with van der Waals surface area (Å²) in [7, 11) is 0. The Balaban J connectivity index is 2.87. The Morgan fingerprint density at radius 1 is 1.12 bits per heavy atom. The summed E-state index contributed by atoms with van der Waals surface area (Å²) in [6.45, 7) is 12.6. The fraction of sp³-hybridized carbons (Fsp3) is 0.759. The van der Waals surface area contributed by atoms with Crippen molar-refractivity contribution in [2.24, 2.45) is 23.2 Å². The SMILES string of the molecule is CCCC(CC1CCC=CC/C(C)=C/C(=O)C1)C(CC)C(=O)CC(=O)CC(C)(C)CCC. The second kappa shape index (κ2) is 14.6. The van der Waals surface area contributed by atoms with Crippen LogP contribution in [-0.4, -0.2) is 17.3 Å². The topological polar surface area (TPSA) is 51.2 Å². The van der Waals surface area contributed by atoms with Gasteiger partial charge in [-0.3, -0.25) is 14.4 Å². The van der Waals surface area contributed by atoms with Gasteiger partial charge in [0.2, 0.25) is 0 Å². The fourth-order valence-corrected chi connectivity index (χ4v) is 5.49. The van der Waals surface area contributed by atoms with Crippen molar-refractivity contribution < 1.29 is 14.4 Å². The average molecular weight is 445 g/mol. The zero-order chi connectivity index (χ0) is 24.1. The van der Waals surface area contributed by atoms with Gasteiger partial charge in [0.25, 0.3) is 0 Å². The van der Waals surface area contributed by atoms with Crippen LogP contribution in [0.2, 0.25) is 0 Å². The Kier molecular flexibility index (Phi) is 13.0. The Bertz CT molecular complexity index is 668. The first-order valence-corrected chi connectivity index (χ1v) is 13.0. The molecule has 182 valence electrons. The summed E-state index contributed by atoms with van der Waals surface area (Å²) in [6, 6.07) is 0. The molecule has 32 heavy (non-hydrogen) atoms. The molecule has 3 heteroatoms. The van der Waals surface area contributed by atoms with Gasteiger partial charge in [-0.1, -0.05) is 71.6 Å². The summed E-state index contributed by atoms with van der Waals surface area (Å²) in [6.07, 6.45) is 15.9. The van der Waals surface area contributed by atoms with E-state index in [0.29, 0.717) is 18.8 Å². The molecule has 3 unspecified atom stereocenters. The van der Waals surface area contributed by atoms with E-state index in [9.17, 15) is 14.4 Å². The van der Waals surface area contributed by atoms with Gasteiger partial charge in [-0.15, -0.1) is 0 Å². The van der Waals surface area contributed by atoms with Crippen molar-refractivity contribution in [3.63, 3.8) is 0 Å². The minimum Gasteiger partial charge on any atom is -0.299 e. The second-order valence-corrected chi connectivity index (χ2v) is 10.9. The number of hydrogen-bond acceptors (Lipinski definition) is 3. The maximum atomic E-state index is 13.2. The highest BCUT2D eigenvalue weighted by atomic mass is 16.1. The first-order chi connectivity index (χ1) is 15.1. The van der Waals surface area contributed by atoms with Gasteiger partial charge in [-0.25, -0.2) is 0 Å². The van der Waals surface area contributed by atoms with Gasteiger partial charge in [-0.05, 0) is 68.8 Å². The van der Waals surface area contributed by atoms with Crippen molar-refractivity contribution in [1.82, 2.24) is 0 Å². The number of carbonyl (C=O) groups excluding carboxylic acids is 3. The minimum atomic E-state index is -0.0773. The smallest absolute Gasteiger partial charge is 0.155 e. The van der Waals surface area contributed by atoms with Crippen molar-refractivity contribution in [3.05, 3.63) is 23.8 Å². The molecule has 0 bridgehead atoms. The standard InChI is InChI=1S/C29H48O3/c1-7-13-24(18-23-15-12-10-11-14-22(4)17-25(30)19-23)27(9-3)28(32)20-26(31)21-29(5,6)16-8-2/h10-11,17,23-24,27H,7-9,12-16,18-21H2,1-6H3/b11-10?,22-17+. The third-order valence-electron chi connectivity index (χ3n) is 6.94. The van der Waals surface area contributed by atoms with Crippen LogP contribution in [0.1, 0.15) is 119 Å². The lowest BCUT2D eigenvalue weighted by molar-refractivity contribution is -0.131. The van der Waals surface area contributed by atoms with Gasteiger partial charge in [0.15, 0.2) is 5.78 Å². The molecule has 1 rings (SSSR count). The van der Waals surface area contributed by atoms with Crippen LogP contribution >= 0.6 is 0 Å². The molecule has 0 spiro atoms. The number of hydrogen-bond donors (Lipinski definition) is 0. The lowest BCUT2D eigenvalue weighted by Gasteiger charge is -2.29. The largest absolute Gasteiger partial charge is 0.299 e. The van der Waals surface area contributed by atoms with E-state index in [2.05, 4.69) is 46.8 Å². The van der Waals surface area contributed by atoms with Crippen LogP contribution in [0.5, 0.6) is 0 Å². The predicted molar refractivity (Wildman–Crippen MR) is 135 cm³/mol. The van der Waals surface area contributed by atoms with Crippen LogP contribution in [0.3, 0.4) is 0 Å². The lowest BCUT2D eigenvalue weighted by Crippen LogP contribution is -2.29. The van der Waals surface area contributed by atoms with Crippen LogP contribution in [-0.2, 0) is 14.4 Å². The Morgan fingerprint density at radius 3 is 2.47 bits per heavy atom. The molecule has 3 nitrogen and oxygen atoms in total. The number of ketones is 3. The normalized spacial score (nSPS) is 21.5. The first-order valence-electron chi connectivity index (χ1n) is 13.0. The van der Waals surface area contributed by atoms with Gasteiger partial charge in [0, 0.05) is 18.8 Å². The summed E-state index contributed by atoms with van der Waals surface area (Å²) in [5, 5.41) is 0. The van der Waals surface area contributed by atoms with E-state index in [4.69, 9.17) is 0 Å². The Morgan fingerprint density at radius 2 is 1.84 bits per heavy atom. The summed E-state index contributed by atoms with van der Waals surface area (Å²) < 4.78 is 0. The highest BCUT2D eigenvalue weighted by Crippen LogP contribution is 2.34. The Hall–Kier alpha value is -1.51. The summed E-state index contributed by atoms with van der Waals surface area (Å²) in [5.41, 5.74) is 1.08. The van der Waals surface area contributed by atoms with Crippen molar-refractivity contribution >= 4 is 17.3 Å². The summed E-state index contributed by atoms with van der Waals surface area (Å²) in [4.78, 5) is 38.4. The van der Waals surface area contributed by atoms with Gasteiger partial charge in [0.1, 0.15) is 11.6 Å². The predicted octanol–water partition coefficient (Wildman–Crippen LogP) is 7.83. The highest BCUT2D eigenvalue weighted by Gasteiger charge is 2.31. The van der Waals surface area contributed by atoms with E-state index < -0.39 is 0 Å².